The van der Waals surface area contributed by atoms with E-state index in [1.54, 1.807) is 24.0 Å². The number of aliphatic hydroxyl groups is 2. The predicted octanol–water partition coefficient (Wildman–Crippen LogP) is 3.58. The molecule has 0 radical (unpaired) electrons. The lowest BCUT2D eigenvalue weighted by Crippen LogP contribution is -2.48. The van der Waals surface area contributed by atoms with Gasteiger partial charge in [-0.2, -0.15) is 0 Å². The third kappa shape index (κ3) is 4.52. The van der Waals surface area contributed by atoms with E-state index in [-0.39, 0.29) is 30.2 Å². The fourth-order valence-electron chi connectivity index (χ4n) is 7.52. The molecule has 2 N–H and O–H groups in total. The standard InChI is InChI=1S/C33H38N4O7/c1-3-21-22-16-20(43-32(41)36-14-10-19(11-15-36)35-12-6-5-7-13-35)8-9-25(22)34-28-23(21)18-37-26(28)17-24-27(29(37)38)30(39)44-31(40)33(24,42)4-2/h8-9,16-17,19,30,39,42H,3-7,10-15,18H2,1-2H3/t30?,33-/m0/s1/i3+1,8+1,9+1,16+1,20+1,22+1,25+1. The van der Waals surface area contributed by atoms with E-state index < -0.39 is 23.4 Å². The van der Waals surface area contributed by atoms with Crippen LogP contribution in [-0.4, -0.2) is 73.8 Å². The molecule has 0 spiro atoms. The van der Waals surface area contributed by atoms with Crippen molar-refractivity contribution in [2.75, 3.05) is 26.2 Å². The number of ether oxygens (including phenoxy) is 2. The molecule has 11 nitrogen and oxygen atoms in total. The first-order valence-electron chi connectivity index (χ1n) is 15.8. The number of rotatable bonds is 4. The number of cyclic esters (lactones) is 1. The highest BCUT2D eigenvalue weighted by Gasteiger charge is 2.48. The Morgan fingerprint density at radius 2 is 1.84 bits per heavy atom. The summed E-state index contributed by atoms with van der Waals surface area (Å²) in [5.74, 6) is -0.552. The van der Waals surface area contributed by atoms with Crippen LogP contribution in [0.4, 0.5) is 4.79 Å². The summed E-state index contributed by atoms with van der Waals surface area (Å²) in [7, 11) is 0. The molecule has 7 rings (SSSR count). The van der Waals surface area contributed by atoms with E-state index in [2.05, 4.69) is 4.90 Å². The summed E-state index contributed by atoms with van der Waals surface area (Å²) in [6.07, 6.45) is 4.24. The molecule has 232 valence electrons. The monoisotopic (exact) mass is 609 g/mol. The summed E-state index contributed by atoms with van der Waals surface area (Å²) < 4.78 is 12.3. The van der Waals surface area contributed by atoms with E-state index in [0.717, 1.165) is 42.4 Å². The highest BCUT2D eigenvalue weighted by Crippen LogP contribution is 2.42. The van der Waals surface area contributed by atoms with Crippen LogP contribution in [0.5, 0.6) is 5.75 Å². The number of benzene rings is 1. The second-order valence-electron chi connectivity index (χ2n) is 12.4. The van der Waals surface area contributed by atoms with Crippen molar-refractivity contribution < 1.29 is 29.3 Å². The van der Waals surface area contributed by atoms with Crippen molar-refractivity contribution in [2.45, 2.75) is 83.3 Å². The predicted molar refractivity (Wildman–Crippen MR) is 161 cm³/mol. The Hall–Kier alpha value is -3.80. The van der Waals surface area contributed by atoms with Crippen molar-refractivity contribution in [1.29, 1.82) is 0 Å². The van der Waals surface area contributed by atoms with E-state index in [1.807, 2.05) is 19.1 Å². The van der Waals surface area contributed by atoms with E-state index >= 15 is 0 Å². The number of carbonyl (C=O) groups excluding carboxylic acids is 2. The van der Waals surface area contributed by atoms with Gasteiger partial charge in [-0.25, -0.2) is 14.6 Å². The Bertz CT molecular complexity index is 1720. The number of carbonyl (C=O) groups is 2. The molecular formula is C33H38N4O7. The smallest absolute Gasteiger partial charge is 0.415 e. The highest BCUT2D eigenvalue weighted by atomic mass is 16.6. The van der Waals surface area contributed by atoms with Gasteiger partial charge in [-0.05, 0) is 81.4 Å². The molecule has 4 aliphatic rings. The third-order valence-electron chi connectivity index (χ3n) is 10.0. The number of aromatic nitrogens is 2. The van der Waals surface area contributed by atoms with Gasteiger partial charge in [-0.3, -0.25) is 4.79 Å². The van der Waals surface area contributed by atoms with Crippen molar-refractivity contribution in [1.82, 2.24) is 19.4 Å². The second kappa shape index (κ2) is 11.0. The van der Waals surface area contributed by atoms with Crippen LogP contribution in [0.25, 0.3) is 22.3 Å². The summed E-state index contributed by atoms with van der Waals surface area (Å²) in [6.45, 7) is 7.51. The van der Waals surface area contributed by atoms with Crippen LogP contribution in [0.15, 0.2) is 29.1 Å². The number of aliphatic hydroxyl groups excluding tert-OH is 1. The second-order valence-corrected chi connectivity index (χ2v) is 12.4. The summed E-state index contributed by atoms with van der Waals surface area (Å²) in [5, 5.41) is 22.5. The fraction of sp³-hybridized carbons (Fsp3) is 0.515. The van der Waals surface area contributed by atoms with Gasteiger partial charge in [0.25, 0.3) is 5.56 Å². The number of hydrogen-bond acceptors (Lipinski definition) is 9. The molecule has 1 amide bonds. The molecule has 1 aromatic carbocycles. The molecular weight excluding hydrogens is 571 g/mol. The van der Waals surface area contributed by atoms with Crippen molar-refractivity contribution in [3.63, 3.8) is 0 Å². The Kier molecular flexibility index (Phi) is 7.22. The van der Waals surface area contributed by atoms with Crippen molar-refractivity contribution >= 4 is 23.0 Å². The molecule has 2 atom stereocenters. The number of likely N-dealkylation sites (tertiary alicyclic amines) is 2. The summed E-state index contributed by atoms with van der Waals surface area (Å²) in [5.41, 5.74) is 0.864. The van der Waals surface area contributed by atoms with Crippen LogP contribution in [0.1, 0.15) is 80.9 Å². The van der Waals surface area contributed by atoms with Gasteiger partial charge < -0.3 is 34.1 Å². The van der Waals surface area contributed by atoms with E-state index in [0.29, 0.717) is 48.2 Å². The molecule has 1 unspecified atom stereocenters. The number of fused-ring (bicyclic) bond motifs is 5. The Morgan fingerprint density at radius 1 is 1.09 bits per heavy atom. The van der Waals surface area contributed by atoms with Gasteiger partial charge in [0.15, 0.2) is 5.60 Å². The molecule has 0 aliphatic carbocycles. The van der Waals surface area contributed by atoms with Crippen LogP contribution in [0.3, 0.4) is 0 Å². The summed E-state index contributed by atoms with van der Waals surface area (Å²) >= 11 is 0. The van der Waals surface area contributed by atoms with Crippen LogP contribution in [-0.2, 0) is 28.1 Å². The van der Waals surface area contributed by atoms with Crippen LogP contribution < -0.4 is 10.3 Å². The first kappa shape index (κ1) is 28.9. The largest absolute Gasteiger partial charge is 0.429 e. The summed E-state index contributed by atoms with van der Waals surface area (Å²) in [4.78, 5) is 48.6. The number of pyridine rings is 2. The number of piperidine rings is 2. The molecule has 2 saturated heterocycles. The zero-order valence-electron chi connectivity index (χ0n) is 25.2. The quantitative estimate of drug-likeness (QED) is 0.263. The lowest BCUT2D eigenvalue weighted by molar-refractivity contribution is -0.199. The van der Waals surface area contributed by atoms with Gasteiger partial charge in [0.05, 0.1) is 29.0 Å². The lowest BCUT2D eigenvalue weighted by Gasteiger charge is -2.39. The maximum absolute atomic E-state index is 13.6. The zero-order chi connectivity index (χ0) is 30.7. The molecule has 0 saturated carbocycles. The van der Waals surface area contributed by atoms with Crippen molar-refractivity contribution in [3.8, 4) is 17.1 Å². The van der Waals surface area contributed by atoms with Crippen LogP contribution in [0.2, 0.25) is 0 Å². The normalized spacial score (nSPS) is 23.7. The number of esters is 1. The van der Waals surface area contributed by atoms with Crippen molar-refractivity contribution in [2.24, 2.45) is 0 Å². The van der Waals surface area contributed by atoms with Gasteiger partial charge >= 0.3 is 12.1 Å². The first-order valence-corrected chi connectivity index (χ1v) is 15.8. The Labute approximate surface area is 255 Å². The van der Waals surface area contributed by atoms with E-state index in [1.165, 1.54) is 23.8 Å². The maximum atomic E-state index is 13.6. The Morgan fingerprint density at radius 3 is 2.55 bits per heavy atom. The van der Waals surface area contributed by atoms with E-state index in [9.17, 15) is 24.6 Å². The van der Waals surface area contributed by atoms with Gasteiger partial charge in [-0.15, -0.1) is 0 Å². The minimum absolute atomic E-state index is 0.0232. The van der Waals surface area contributed by atoms with Gasteiger partial charge in [0.2, 0.25) is 6.29 Å². The topological polar surface area (TPSA) is 134 Å². The molecule has 3 aromatic rings. The molecule has 2 fully saturated rings. The average molecular weight is 610 g/mol. The molecule has 44 heavy (non-hydrogen) atoms. The zero-order valence-corrected chi connectivity index (χ0v) is 25.2. The Balaban J connectivity index is 1.18. The molecule has 6 heterocycles. The maximum Gasteiger partial charge on any atom is 0.415 e. The van der Waals surface area contributed by atoms with Crippen molar-refractivity contribution in [3.05, 3.63) is 56.9 Å². The van der Waals surface area contributed by atoms with Gasteiger partial charge in [0.1, 0.15) is 5.75 Å². The minimum Gasteiger partial charge on any atom is -0.429 e. The van der Waals surface area contributed by atoms with Gasteiger partial charge in [-0.1, -0.05) is 20.3 Å². The average Bonchev–Trinajstić information content (AvgIpc) is 3.41. The third-order valence-corrected chi connectivity index (χ3v) is 10.0. The highest BCUT2D eigenvalue weighted by molar-refractivity contribution is 5.90. The first-order chi connectivity index (χ1) is 21.2. The fourth-order valence-corrected chi connectivity index (χ4v) is 7.52. The molecule has 2 aromatic heterocycles. The number of aryl methyl sites for hydroxylation is 1. The minimum atomic E-state index is -2.04. The number of amides is 1. The molecule has 4 aliphatic heterocycles. The number of nitrogens with zero attached hydrogens (tertiary/aromatic N) is 4. The van der Waals surface area contributed by atoms with Crippen LogP contribution in [0, 0.1) is 0 Å². The summed E-state index contributed by atoms with van der Waals surface area (Å²) in [6, 6.07) is 7.50. The van der Waals surface area contributed by atoms with Crippen LogP contribution >= 0.6 is 0 Å². The molecule has 0 bridgehead atoms. The lowest BCUT2D eigenvalue weighted by atomic mass is 9.85. The van der Waals surface area contributed by atoms with E-state index in [4.69, 9.17) is 14.5 Å². The number of hydrogen-bond donors (Lipinski definition) is 2. The molecule has 11 heteroatoms. The van der Waals surface area contributed by atoms with Gasteiger partial charge in [0, 0.05) is 35.6 Å². The SMILES string of the molecule is CC[C@@]1(O)C(=O)OC(O)c2c1cc1n(c2=O)Cc2c-1n[13c]1[13cH][13cH][13c](OC(=O)N3CCC(N4CCCCC4)CC3)[13cH][13c]1c2[13CH2]C.